The Balaban J connectivity index is 2.76. The first kappa shape index (κ1) is 6.49. The first-order chi connectivity index (χ1) is 5.40. The van der Waals surface area contributed by atoms with Gasteiger partial charge in [0.05, 0.1) is 0 Å². The molecule has 0 aliphatic heterocycles. The molecule has 11 heavy (non-hydrogen) atoms. The molecule has 2 aromatic rings. The zero-order valence-corrected chi connectivity index (χ0v) is 6.56. The molecule has 0 saturated heterocycles. The highest BCUT2D eigenvalue weighted by molar-refractivity contribution is 7.79. The number of rotatable bonds is 1. The lowest BCUT2D eigenvalue weighted by Gasteiger charge is -1.90. The van der Waals surface area contributed by atoms with Crippen LogP contribution in [0, 0.1) is 0 Å². The van der Waals surface area contributed by atoms with Crippen LogP contribution in [0.2, 0.25) is 0 Å². The van der Waals surface area contributed by atoms with E-state index in [1.807, 2.05) is 18.3 Å². The van der Waals surface area contributed by atoms with Gasteiger partial charge in [0, 0.05) is 28.7 Å². The maximum atomic E-state index is 4.78. The van der Waals surface area contributed by atoms with E-state index in [0.717, 1.165) is 16.6 Å². The first-order valence-electron chi connectivity index (χ1n) is 3.28. The van der Waals surface area contributed by atoms with Gasteiger partial charge in [-0.15, -0.1) is 0 Å². The minimum Gasteiger partial charge on any atom is -0.346 e. The van der Waals surface area contributed by atoms with Crippen molar-refractivity contribution in [3.05, 3.63) is 30.1 Å². The van der Waals surface area contributed by atoms with E-state index in [4.69, 9.17) is 12.2 Å². The van der Waals surface area contributed by atoms with Crippen molar-refractivity contribution in [3.8, 4) is 0 Å². The Morgan fingerprint density at radius 2 is 2.45 bits per heavy atom. The third-order valence-electron chi connectivity index (χ3n) is 1.56. The lowest BCUT2D eigenvalue weighted by Crippen LogP contribution is -1.81. The fourth-order valence-electron chi connectivity index (χ4n) is 1.02. The third kappa shape index (κ3) is 1.03. The van der Waals surface area contributed by atoms with Crippen LogP contribution in [0.5, 0.6) is 0 Å². The Hall–Kier alpha value is -1.22. The Labute approximate surface area is 69.3 Å². The van der Waals surface area contributed by atoms with Gasteiger partial charge in [-0.05, 0) is 12.1 Å². The predicted molar refractivity (Wildman–Crippen MR) is 48.9 cm³/mol. The van der Waals surface area contributed by atoms with Gasteiger partial charge >= 0.3 is 0 Å². The fourth-order valence-corrected chi connectivity index (χ4v) is 1.15. The molecule has 0 bridgehead atoms. The van der Waals surface area contributed by atoms with Gasteiger partial charge in [0.15, 0.2) is 0 Å². The highest BCUT2D eigenvalue weighted by Crippen LogP contribution is 2.09. The van der Waals surface area contributed by atoms with E-state index in [2.05, 4.69) is 9.97 Å². The van der Waals surface area contributed by atoms with E-state index < -0.39 is 0 Å². The van der Waals surface area contributed by atoms with Crippen molar-refractivity contribution in [3.63, 3.8) is 0 Å². The molecule has 2 heterocycles. The zero-order chi connectivity index (χ0) is 7.68. The molecule has 2 rings (SSSR count). The lowest BCUT2D eigenvalue weighted by atomic mass is 10.2. The summed E-state index contributed by atoms with van der Waals surface area (Å²) in [5, 5.41) is 2.72. The molecular weight excluding hydrogens is 156 g/mol. The van der Waals surface area contributed by atoms with Gasteiger partial charge in [0.25, 0.3) is 0 Å². The van der Waals surface area contributed by atoms with Gasteiger partial charge in [-0.3, -0.25) is 0 Å². The molecule has 1 N–H and O–H groups in total. The molecule has 54 valence electrons. The van der Waals surface area contributed by atoms with Crippen molar-refractivity contribution in [1.29, 1.82) is 0 Å². The van der Waals surface area contributed by atoms with Gasteiger partial charge < -0.3 is 4.98 Å². The summed E-state index contributed by atoms with van der Waals surface area (Å²) in [6, 6.07) is 3.98. The summed E-state index contributed by atoms with van der Waals surface area (Å²) in [5.41, 5.74) is 1.89. The standard InChI is InChI=1S/C8H6N2S/c11-5-6-3-7-1-2-9-8(7)10-4-6/h1-5H,(H,9,10). The van der Waals surface area contributed by atoms with Crippen molar-refractivity contribution < 1.29 is 0 Å². The predicted octanol–water partition coefficient (Wildman–Crippen LogP) is 1.91. The second-order valence-electron chi connectivity index (χ2n) is 2.30. The number of aromatic nitrogens is 2. The van der Waals surface area contributed by atoms with E-state index >= 15 is 0 Å². The highest BCUT2D eigenvalue weighted by atomic mass is 32.1. The molecule has 0 saturated carbocycles. The number of aromatic amines is 1. The number of fused-ring (bicyclic) bond motifs is 1. The van der Waals surface area contributed by atoms with Gasteiger partial charge in [-0.1, -0.05) is 12.2 Å². The number of hydrogen-bond donors (Lipinski definition) is 1. The van der Waals surface area contributed by atoms with Gasteiger partial charge in [0.2, 0.25) is 0 Å². The molecular formula is C8H6N2S. The van der Waals surface area contributed by atoms with E-state index in [9.17, 15) is 0 Å². The highest BCUT2D eigenvalue weighted by Gasteiger charge is 1.94. The van der Waals surface area contributed by atoms with Crippen LogP contribution in [-0.4, -0.2) is 15.3 Å². The molecule has 3 heteroatoms. The number of thiocarbonyl (C=S) groups is 1. The molecule has 0 amide bonds. The Morgan fingerprint density at radius 1 is 1.55 bits per heavy atom. The van der Waals surface area contributed by atoms with E-state index in [0.29, 0.717) is 0 Å². The SMILES string of the molecule is S=Cc1cnc2[nH]ccc2c1. The van der Waals surface area contributed by atoms with Crippen molar-refractivity contribution in [2.45, 2.75) is 0 Å². The van der Waals surface area contributed by atoms with Gasteiger partial charge in [0.1, 0.15) is 5.65 Å². The van der Waals surface area contributed by atoms with Crippen LogP contribution in [0.3, 0.4) is 0 Å². The van der Waals surface area contributed by atoms with Crippen LogP contribution in [0.1, 0.15) is 5.56 Å². The molecule has 0 fully saturated rings. The van der Waals surface area contributed by atoms with Crippen molar-refractivity contribution >= 4 is 28.6 Å². The summed E-state index contributed by atoms with van der Waals surface area (Å²) in [4.78, 5) is 7.17. The molecule has 0 atom stereocenters. The molecule has 0 radical (unpaired) electrons. The second-order valence-corrected chi connectivity index (χ2v) is 2.54. The van der Waals surface area contributed by atoms with Crippen LogP contribution in [-0.2, 0) is 0 Å². The average Bonchev–Trinajstić information content (AvgIpc) is 2.50. The number of hydrogen-bond acceptors (Lipinski definition) is 2. The molecule has 0 unspecified atom stereocenters. The summed E-state index contributed by atoms with van der Waals surface area (Å²) in [6.07, 6.45) is 3.62. The van der Waals surface area contributed by atoms with Gasteiger partial charge in [-0.25, -0.2) is 4.98 Å². The zero-order valence-electron chi connectivity index (χ0n) is 5.74. The number of nitrogens with zero attached hydrogens (tertiary/aromatic N) is 1. The van der Waals surface area contributed by atoms with Crippen molar-refractivity contribution in [1.82, 2.24) is 9.97 Å². The average molecular weight is 162 g/mol. The normalized spacial score (nSPS) is 10.2. The summed E-state index contributed by atoms with van der Waals surface area (Å²) in [6.45, 7) is 0. The molecule has 0 aromatic carbocycles. The van der Waals surface area contributed by atoms with Crippen LogP contribution in [0.4, 0.5) is 0 Å². The largest absolute Gasteiger partial charge is 0.346 e. The minimum atomic E-state index is 0.908. The van der Waals surface area contributed by atoms with Crippen LogP contribution < -0.4 is 0 Å². The summed E-state index contributed by atoms with van der Waals surface area (Å²) >= 11 is 4.78. The molecule has 0 spiro atoms. The second kappa shape index (κ2) is 2.43. The molecule has 2 nitrogen and oxygen atoms in total. The maximum Gasteiger partial charge on any atom is 0.137 e. The quantitative estimate of drug-likeness (QED) is 0.649. The van der Waals surface area contributed by atoms with Crippen molar-refractivity contribution in [2.75, 3.05) is 0 Å². The smallest absolute Gasteiger partial charge is 0.137 e. The number of H-pyrrole nitrogens is 1. The molecule has 0 aliphatic carbocycles. The lowest BCUT2D eigenvalue weighted by molar-refractivity contribution is 1.32. The Bertz CT molecular complexity index is 392. The maximum absolute atomic E-state index is 4.78. The number of pyridine rings is 1. The topological polar surface area (TPSA) is 28.7 Å². The van der Waals surface area contributed by atoms with Gasteiger partial charge in [-0.2, -0.15) is 0 Å². The van der Waals surface area contributed by atoms with E-state index in [1.165, 1.54) is 0 Å². The summed E-state index contributed by atoms with van der Waals surface area (Å²) in [5.74, 6) is 0. The fraction of sp³-hybridized carbons (Fsp3) is 0. The molecule has 2 aromatic heterocycles. The summed E-state index contributed by atoms with van der Waals surface area (Å²) in [7, 11) is 0. The van der Waals surface area contributed by atoms with Crippen LogP contribution in [0.25, 0.3) is 11.0 Å². The third-order valence-corrected chi connectivity index (χ3v) is 1.83. The van der Waals surface area contributed by atoms with E-state index in [-0.39, 0.29) is 0 Å². The monoisotopic (exact) mass is 162 g/mol. The van der Waals surface area contributed by atoms with Crippen LogP contribution in [0.15, 0.2) is 24.5 Å². The van der Waals surface area contributed by atoms with Crippen molar-refractivity contribution in [2.24, 2.45) is 0 Å². The first-order valence-corrected chi connectivity index (χ1v) is 3.75. The van der Waals surface area contributed by atoms with Crippen LogP contribution >= 0.6 is 12.2 Å². The Kier molecular flexibility index (Phi) is 1.43. The molecule has 0 aliphatic rings. The number of nitrogens with one attached hydrogen (secondary N) is 1. The minimum absolute atomic E-state index is 0.908. The van der Waals surface area contributed by atoms with E-state index in [1.54, 1.807) is 11.6 Å². The summed E-state index contributed by atoms with van der Waals surface area (Å²) < 4.78 is 0. The Morgan fingerprint density at radius 3 is 3.27 bits per heavy atom.